The van der Waals surface area contributed by atoms with Crippen molar-refractivity contribution in [3.05, 3.63) is 76.0 Å². The number of aryl methyl sites for hydroxylation is 3. The van der Waals surface area contributed by atoms with Crippen molar-refractivity contribution in [3.63, 3.8) is 0 Å². The predicted molar refractivity (Wildman–Crippen MR) is 109 cm³/mol. The number of aromatic nitrogens is 2. The largest absolute Gasteiger partial charge is 0.266 e. The molecule has 1 aromatic heterocycles. The molecule has 0 unspecified atom stereocenters. The van der Waals surface area contributed by atoms with E-state index in [4.69, 9.17) is 0 Å². The maximum atomic E-state index is 13.0. The van der Waals surface area contributed by atoms with E-state index in [1.54, 1.807) is 16.9 Å². The molecule has 0 aliphatic rings. The quantitative estimate of drug-likeness (QED) is 0.715. The van der Waals surface area contributed by atoms with Crippen LogP contribution in [-0.2, 0) is 16.6 Å². The molecular formula is C21H25N3O2S. The van der Waals surface area contributed by atoms with Gasteiger partial charge in [0.15, 0.2) is 5.82 Å². The van der Waals surface area contributed by atoms with E-state index >= 15 is 0 Å². The van der Waals surface area contributed by atoms with Crippen LogP contribution >= 0.6 is 0 Å². The Kier molecular flexibility index (Phi) is 5.11. The van der Waals surface area contributed by atoms with Gasteiger partial charge in [0.2, 0.25) is 0 Å². The maximum Gasteiger partial charge on any atom is 0.263 e. The Bertz CT molecular complexity index is 1070. The SMILES string of the molecule is Cc1ccccc1Cn1ccc(NS(=O)(=O)c2c(C)c(C)cc(C)c2C)n1. The van der Waals surface area contributed by atoms with E-state index in [1.807, 2.05) is 65.0 Å². The summed E-state index contributed by atoms with van der Waals surface area (Å²) in [6, 6.07) is 11.8. The lowest BCUT2D eigenvalue weighted by Crippen LogP contribution is -2.17. The minimum atomic E-state index is -3.71. The molecule has 1 heterocycles. The number of sulfonamides is 1. The molecule has 0 amide bonds. The molecular weight excluding hydrogens is 358 g/mol. The molecule has 0 saturated heterocycles. The fraction of sp³-hybridized carbons (Fsp3) is 0.286. The van der Waals surface area contributed by atoms with Crippen LogP contribution in [-0.4, -0.2) is 18.2 Å². The lowest BCUT2D eigenvalue weighted by atomic mass is 10.0. The van der Waals surface area contributed by atoms with Crippen molar-refractivity contribution in [1.29, 1.82) is 0 Å². The number of anilines is 1. The van der Waals surface area contributed by atoms with Crippen LogP contribution in [0.15, 0.2) is 47.5 Å². The normalized spacial score (nSPS) is 11.6. The molecule has 0 atom stereocenters. The third-order valence-corrected chi connectivity index (χ3v) is 6.67. The third kappa shape index (κ3) is 3.90. The molecule has 0 fully saturated rings. The van der Waals surface area contributed by atoms with Gasteiger partial charge in [-0.05, 0) is 68.0 Å². The molecule has 27 heavy (non-hydrogen) atoms. The number of nitrogens with one attached hydrogen (secondary N) is 1. The van der Waals surface area contributed by atoms with E-state index < -0.39 is 10.0 Å². The Morgan fingerprint density at radius 2 is 1.56 bits per heavy atom. The minimum absolute atomic E-state index is 0.321. The van der Waals surface area contributed by atoms with E-state index in [0.29, 0.717) is 17.3 Å². The molecule has 5 nitrogen and oxygen atoms in total. The monoisotopic (exact) mass is 383 g/mol. The predicted octanol–water partition coefficient (Wildman–Crippen LogP) is 4.27. The van der Waals surface area contributed by atoms with Gasteiger partial charge in [-0.3, -0.25) is 9.40 Å². The summed E-state index contributed by atoms with van der Waals surface area (Å²) in [6.07, 6.45) is 1.78. The van der Waals surface area contributed by atoms with Crippen molar-refractivity contribution in [2.75, 3.05) is 4.72 Å². The molecule has 3 rings (SSSR count). The molecule has 0 aliphatic heterocycles. The molecule has 142 valence electrons. The number of hydrogen-bond donors (Lipinski definition) is 1. The van der Waals surface area contributed by atoms with Crippen molar-refractivity contribution in [1.82, 2.24) is 9.78 Å². The topological polar surface area (TPSA) is 64.0 Å². The van der Waals surface area contributed by atoms with Crippen molar-refractivity contribution < 1.29 is 8.42 Å². The second kappa shape index (κ2) is 7.19. The van der Waals surface area contributed by atoms with E-state index in [9.17, 15) is 8.42 Å². The molecule has 0 bridgehead atoms. The fourth-order valence-electron chi connectivity index (χ4n) is 3.24. The standard InChI is InChI=1S/C21H25N3O2S/c1-14-8-6-7-9-19(14)13-24-11-10-20(22-24)23-27(25,26)21-17(4)15(2)12-16(3)18(21)5/h6-12H,13H2,1-5H3,(H,22,23). The van der Waals surface area contributed by atoms with Crippen LogP contribution in [0.2, 0.25) is 0 Å². The lowest BCUT2D eigenvalue weighted by Gasteiger charge is -2.15. The third-order valence-electron chi connectivity index (χ3n) is 5.04. The summed E-state index contributed by atoms with van der Waals surface area (Å²) in [4.78, 5) is 0.341. The highest BCUT2D eigenvalue weighted by Gasteiger charge is 2.23. The zero-order chi connectivity index (χ0) is 19.8. The van der Waals surface area contributed by atoms with E-state index in [0.717, 1.165) is 27.8 Å². The minimum Gasteiger partial charge on any atom is -0.266 e. The van der Waals surface area contributed by atoms with Crippen LogP contribution in [0.5, 0.6) is 0 Å². The van der Waals surface area contributed by atoms with E-state index in [2.05, 4.69) is 9.82 Å². The van der Waals surface area contributed by atoms with E-state index in [1.165, 1.54) is 5.56 Å². The van der Waals surface area contributed by atoms with Gasteiger partial charge in [-0.1, -0.05) is 30.3 Å². The molecule has 1 N–H and O–H groups in total. The Morgan fingerprint density at radius 1 is 0.926 bits per heavy atom. The van der Waals surface area contributed by atoms with Crippen LogP contribution < -0.4 is 4.72 Å². The number of benzene rings is 2. The molecule has 6 heteroatoms. The summed E-state index contributed by atoms with van der Waals surface area (Å²) in [5.74, 6) is 0.321. The highest BCUT2D eigenvalue weighted by atomic mass is 32.2. The van der Waals surface area contributed by atoms with Crippen LogP contribution in [0.25, 0.3) is 0 Å². The average Bonchev–Trinajstić information content (AvgIpc) is 3.01. The van der Waals surface area contributed by atoms with Crippen LogP contribution in [0.1, 0.15) is 33.4 Å². The van der Waals surface area contributed by atoms with Gasteiger partial charge in [0, 0.05) is 12.3 Å². The van der Waals surface area contributed by atoms with Crippen LogP contribution in [0.4, 0.5) is 5.82 Å². The lowest BCUT2D eigenvalue weighted by molar-refractivity contribution is 0.599. The fourth-order valence-corrected chi connectivity index (χ4v) is 4.85. The van der Waals surface area contributed by atoms with Gasteiger partial charge in [-0.25, -0.2) is 8.42 Å². The Hall–Kier alpha value is -2.60. The number of hydrogen-bond acceptors (Lipinski definition) is 3. The molecule has 0 spiro atoms. The highest BCUT2D eigenvalue weighted by molar-refractivity contribution is 7.92. The summed E-state index contributed by atoms with van der Waals surface area (Å²) in [5, 5.41) is 4.39. The highest BCUT2D eigenvalue weighted by Crippen LogP contribution is 2.27. The summed E-state index contributed by atoms with van der Waals surface area (Å²) < 4.78 is 30.4. The van der Waals surface area contributed by atoms with Crippen molar-refractivity contribution in [3.8, 4) is 0 Å². The Balaban J connectivity index is 1.88. The number of nitrogens with zero attached hydrogens (tertiary/aromatic N) is 2. The zero-order valence-electron chi connectivity index (χ0n) is 16.4. The average molecular weight is 384 g/mol. The first-order chi connectivity index (χ1) is 12.7. The van der Waals surface area contributed by atoms with Gasteiger partial charge in [0.1, 0.15) is 0 Å². The second-order valence-corrected chi connectivity index (χ2v) is 8.64. The van der Waals surface area contributed by atoms with Gasteiger partial charge < -0.3 is 0 Å². The second-order valence-electron chi connectivity index (χ2n) is 7.02. The molecule has 0 radical (unpaired) electrons. The van der Waals surface area contributed by atoms with Crippen LogP contribution in [0, 0.1) is 34.6 Å². The first-order valence-electron chi connectivity index (χ1n) is 8.87. The molecule has 0 aliphatic carbocycles. The molecule has 0 saturated carbocycles. The van der Waals surface area contributed by atoms with Crippen molar-refractivity contribution >= 4 is 15.8 Å². The molecule has 3 aromatic rings. The zero-order valence-corrected chi connectivity index (χ0v) is 17.2. The van der Waals surface area contributed by atoms with Crippen molar-refractivity contribution in [2.45, 2.75) is 46.1 Å². The van der Waals surface area contributed by atoms with Gasteiger partial charge in [0.25, 0.3) is 10.0 Å². The van der Waals surface area contributed by atoms with Gasteiger partial charge in [0.05, 0.1) is 11.4 Å². The van der Waals surface area contributed by atoms with E-state index in [-0.39, 0.29) is 0 Å². The van der Waals surface area contributed by atoms with Crippen molar-refractivity contribution in [2.24, 2.45) is 0 Å². The van der Waals surface area contributed by atoms with Gasteiger partial charge in [-0.2, -0.15) is 5.10 Å². The first-order valence-corrected chi connectivity index (χ1v) is 10.4. The van der Waals surface area contributed by atoms with Crippen LogP contribution in [0.3, 0.4) is 0 Å². The Labute approximate surface area is 161 Å². The smallest absolute Gasteiger partial charge is 0.263 e. The summed E-state index contributed by atoms with van der Waals surface area (Å²) >= 11 is 0. The summed E-state index contributed by atoms with van der Waals surface area (Å²) in [7, 11) is -3.71. The van der Waals surface area contributed by atoms with Gasteiger partial charge in [-0.15, -0.1) is 0 Å². The summed E-state index contributed by atoms with van der Waals surface area (Å²) in [5.41, 5.74) is 5.79. The molecule has 2 aromatic carbocycles. The summed E-state index contributed by atoms with van der Waals surface area (Å²) in [6.45, 7) is 10.2. The Morgan fingerprint density at radius 3 is 2.19 bits per heavy atom. The van der Waals surface area contributed by atoms with Gasteiger partial charge >= 0.3 is 0 Å². The number of rotatable bonds is 5. The first kappa shape index (κ1) is 19.2. The maximum absolute atomic E-state index is 13.0.